The number of benzene rings is 2. The van der Waals surface area contributed by atoms with Gasteiger partial charge in [0.05, 0.1) is 19.2 Å². The first-order valence-corrected chi connectivity index (χ1v) is 10.5. The lowest BCUT2D eigenvalue weighted by atomic mass is 10.2. The largest absolute Gasteiger partial charge is 0.495 e. The van der Waals surface area contributed by atoms with E-state index < -0.39 is 27.7 Å². The number of hydrogen-bond acceptors (Lipinski definition) is 6. The Kier molecular flexibility index (Phi) is 5.15. The monoisotopic (exact) mass is 441 g/mol. The number of rotatable bonds is 6. The number of pyridine rings is 1. The number of amides is 2. The van der Waals surface area contributed by atoms with Crippen molar-refractivity contribution < 1.29 is 27.1 Å². The molecule has 2 aromatic carbocycles. The van der Waals surface area contributed by atoms with Gasteiger partial charge < -0.3 is 4.74 Å². The number of ether oxygens (including phenoxy) is 1. The Bertz CT molecular complexity index is 1260. The smallest absolute Gasteiger partial charge is 0.280 e. The second kappa shape index (κ2) is 7.80. The highest BCUT2D eigenvalue weighted by molar-refractivity contribution is 7.92. The van der Waals surface area contributed by atoms with Gasteiger partial charge in [0.25, 0.3) is 21.8 Å². The number of carbonyl (C=O) groups excluding carboxylic acids is 2. The van der Waals surface area contributed by atoms with Gasteiger partial charge in [-0.05, 0) is 54.1 Å². The fourth-order valence-electron chi connectivity index (χ4n) is 3.20. The number of halogens is 1. The number of nitrogens with one attached hydrogen (secondary N) is 1. The molecule has 2 amide bonds. The van der Waals surface area contributed by atoms with Crippen molar-refractivity contribution in [2.45, 2.75) is 11.4 Å². The molecule has 1 aliphatic heterocycles. The van der Waals surface area contributed by atoms with Crippen molar-refractivity contribution in [2.24, 2.45) is 0 Å². The van der Waals surface area contributed by atoms with Crippen LogP contribution in [0.4, 0.5) is 10.1 Å². The summed E-state index contributed by atoms with van der Waals surface area (Å²) in [4.78, 5) is 29.9. The lowest BCUT2D eigenvalue weighted by Crippen LogP contribution is -2.29. The maximum Gasteiger partial charge on any atom is 0.280 e. The number of hydrogen-bond donors (Lipinski definition) is 1. The van der Waals surface area contributed by atoms with Crippen molar-refractivity contribution in [2.75, 3.05) is 11.8 Å². The van der Waals surface area contributed by atoms with E-state index in [1.807, 2.05) is 0 Å². The van der Waals surface area contributed by atoms with Gasteiger partial charge in [0, 0.05) is 11.9 Å². The summed E-state index contributed by atoms with van der Waals surface area (Å²) in [6.45, 7) is -0.142. The third-order valence-electron chi connectivity index (χ3n) is 4.69. The van der Waals surface area contributed by atoms with Crippen molar-refractivity contribution >= 4 is 27.5 Å². The summed E-state index contributed by atoms with van der Waals surface area (Å²) in [7, 11) is -2.78. The van der Waals surface area contributed by atoms with E-state index in [0.717, 1.165) is 17.0 Å². The zero-order valence-electron chi connectivity index (χ0n) is 16.2. The summed E-state index contributed by atoms with van der Waals surface area (Å²) in [5, 5.41) is 0. The van der Waals surface area contributed by atoms with Crippen molar-refractivity contribution in [3.63, 3.8) is 0 Å². The maximum atomic E-state index is 13.1. The predicted molar refractivity (Wildman–Crippen MR) is 109 cm³/mol. The first kappa shape index (κ1) is 20.5. The maximum absolute atomic E-state index is 13.1. The van der Waals surface area contributed by atoms with Crippen LogP contribution in [-0.4, -0.2) is 37.2 Å². The highest BCUT2D eigenvalue weighted by Gasteiger charge is 2.36. The molecule has 158 valence electrons. The summed E-state index contributed by atoms with van der Waals surface area (Å²) in [5.74, 6) is -1.48. The molecule has 10 heteroatoms. The van der Waals surface area contributed by atoms with Crippen molar-refractivity contribution in [3.05, 3.63) is 83.4 Å². The Balaban J connectivity index is 1.64. The minimum Gasteiger partial charge on any atom is -0.495 e. The van der Waals surface area contributed by atoms with Gasteiger partial charge in [-0.3, -0.25) is 24.2 Å². The van der Waals surface area contributed by atoms with Gasteiger partial charge >= 0.3 is 0 Å². The number of methoxy groups -OCH3 is 1. The number of anilines is 1. The summed E-state index contributed by atoms with van der Waals surface area (Å²) < 4.78 is 46.5. The van der Waals surface area contributed by atoms with E-state index in [9.17, 15) is 22.4 Å². The van der Waals surface area contributed by atoms with Crippen LogP contribution in [0.3, 0.4) is 0 Å². The SMILES string of the molecule is COc1ccc(CN2C(=O)c3cccnc3C2=O)cc1S(=O)(=O)Nc1ccc(F)cc1. The quantitative estimate of drug-likeness (QED) is 0.590. The topological polar surface area (TPSA) is 106 Å². The Morgan fingerprint density at radius 1 is 1.06 bits per heavy atom. The molecule has 8 nitrogen and oxygen atoms in total. The number of carbonyl (C=O) groups is 2. The molecule has 1 aromatic heterocycles. The molecule has 0 unspecified atom stereocenters. The van der Waals surface area contributed by atoms with Crippen LogP contribution in [0.1, 0.15) is 26.4 Å². The van der Waals surface area contributed by atoms with Crippen molar-refractivity contribution in [1.82, 2.24) is 9.88 Å². The van der Waals surface area contributed by atoms with E-state index in [2.05, 4.69) is 9.71 Å². The van der Waals surface area contributed by atoms with E-state index >= 15 is 0 Å². The Hall–Kier alpha value is -3.79. The molecule has 0 spiro atoms. The number of aromatic nitrogens is 1. The first-order valence-electron chi connectivity index (χ1n) is 9.06. The van der Waals surface area contributed by atoms with Crippen LogP contribution in [0.5, 0.6) is 5.75 Å². The summed E-state index contributed by atoms with van der Waals surface area (Å²) >= 11 is 0. The third kappa shape index (κ3) is 3.84. The predicted octanol–water partition coefficient (Wildman–Crippen LogP) is 2.83. The standard InChI is InChI=1S/C21H16FN3O5S/c1-30-17-9-4-13(12-25-20(26)16-3-2-10-23-19(16)21(25)27)11-18(17)31(28,29)24-15-7-5-14(22)6-8-15/h2-11,24H,12H2,1H3. The van der Waals surface area contributed by atoms with Crippen molar-refractivity contribution in [3.8, 4) is 5.75 Å². The highest BCUT2D eigenvalue weighted by Crippen LogP contribution is 2.29. The van der Waals surface area contributed by atoms with Crippen LogP contribution in [0.25, 0.3) is 0 Å². The minimum absolute atomic E-state index is 0.0619. The second-order valence-electron chi connectivity index (χ2n) is 6.69. The van der Waals surface area contributed by atoms with Gasteiger partial charge in [0.1, 0.15) is 22.2 Å². The average molecular weight is 441 g/mol. The van der Waals surface area contributed by atoms with Gasteiger partial charge in [-0.2, -0.15) is 0 Å². The molecular weight excluding hydrogens is 425 g/mol. The van der Waals surface area contributed by atoms with Gasteiger partial charge in [-0.25, -0.2) is 12.8 Å². The van der Waals surface area contributed by atoms with Gasteiger partial charge in [-0.1, -0.05) is 6.07 Å². The molecule has 0 atom stereocenters. The zero-order chi connectivity index (χ0) is 22.2. The molecule has 0 saturated carbocycles. The van der Waals surface area contributed by atoms with Crippen LogP contribution in [0, 0.1) is 5.82 Å². The van der Waals surface area contributed by atoms with Crippen molar-refractivity contribution in [1.29, 1.82) is 0 Å². The van der Waals surface area contributed by atoms with Gasteiger partial charge in [-0.15, -0.1) is 0 Å². The number of sulfonamides is 1. The fourth-order valence-corrected chi connectivity index (χ4v) is 4.48. The lowest BCUT2D eigenvalue weighted by Gasteiger charge is -2.16. The molecule has 2 heterocycles. The summed E-state index contributed by atoms with van der Waals surface area (Å²) in [6, 6.07) is 12.2. The van der Waals surface area contributed by atoms with Crippen LogP contribution < -0.4 is 9.46 Å². The molecular formula is C21H16FN3O5S. The lowest BCUT2D eigenvalue weighted by molar-refractivity contribution is 0.0640. The van der Waals surface area contributed by atoms with E-state index in [1.165, 1.54) is 43.6 Å². The van der Waals surface area contributed by atoms with Crippen LogP contribution in [0.15, 0.2) is 65.7 Å². The van der Waals surface area contributed by atoms with E-state index in [0.29, 0.717) is 5.56 Å². The minimum atomic E-state index is -4.10. The molecule has 3 aromatic rings. The Morgan fingerprint density at radius 3 is 2.48 bits per heavy atom. The summed E-state index contributed by atoms with van der Waals surface area (Å²) in [6.07, 6.45) is 1.42. The molecule has 0 aliphatic carbocycles. The van der Waals surface area contributed by atoms with Gasteiger partial charge in [0.15, 0.2) is 0 Å². The van der Waals surface area contributed by atoms with Gasteiger partial charge in [0.2, 0.25) is 0 Å². The fraction of sp³-hybridized carbons (Fsp3) is 0.0952. The van der Waals surface area contributed by atoms with E-state index in [-0.39, 0.29) is 34.1 Å². The molecule has 31 heavy (non-hydrogen) atoms. The Labute approximate surface area is 177 Å². The molecule has 0 bridgehead atoms. The normalized spacial score (nSPS) is 13.3. The number of fused-ring (bicyclic) bond motifs is 1. The number of imide groups is 1. The molecule has 0 saturated heterocycles. The van der Waals surface area contributed by atoms with Crippen LogP contribution in [0.2, 0.25) is 0 Å². The first-order chi connectivity index (χ1) is 14.8. The average Bonchev–Trinajstić information content (AvgIpc) is 3.00. The van der Waals surface area contributed by atoms with E-state index in [4.69, 9.17) is 4.74 Å². The molecule has 1 N–H and O–H groups in total. The highest BCUT2D eigenvalue weighted by atomic mass is 32.2. The molecule has 4 rings (SSSR count). The van der Waals surface area contributed by atoms with Crippen LogP contribution >= 0.6 is 0 Å². The third-order valence-corrected chi connectivity index (χ3v) is 6.09. The molecule has 1 aliphatic rings. The molecule has 0 fully saturated rings. The zero-order valence-corrected chi connectivity index (χ0v) is 17.0. The second-order valence-corrected chi connectivity index (χ2v) is 8.34. The van der Waals surface area contributed by atoms with Crippen LogP contribution in [-0.2, 0) is 16.6 Å². The summed E-state index contributed by atoms with van der Waals surface area (Å²) in [5.41, 5.74) is 0.828. The number of nitrogens with zero attached hydrogens (tertiary/aromatic N) is 2. The molecule has 0 radical (unpaired) electrons. The van der Waals surface area contributed by atoms with E-state index in [1.54, 1.807) is 12.1 Å². The Morgan fingerprint density at radius 2 is 1.81 bits per heavy atom.